The van der Waals surface area contributed by atoms with Crippen LogP contribution in [-0.4, -0.2) is 4.98 Å². The van der Waals surface area contributed by atoms with Crippen LogP contribution in [0, 0.1) is 5.82 Å². The molecule has 3 heteroatoms. The first kappa shape index (κ1) is 11.1. The largest absolute Gasteiger partial charge is 0.258 e. The van der Waals surface area contributed by atoms with Crippen LogP contribution in [0.4, 0.5) is 4.39 Å². The SMILES string of the molecule is Fc1ccc(CC(Cl)c2ccccc2)nc1. The quantitative estimate of drug-likeness (QED) is 0.739. The third-order valence-corrected chi connectivity index (χ3v) is 2.74. The van der Waals surface area contributed by atoms with E-state index < -0.39 is 0 Å². The molecule has 16 heavy (non-hydrogen) atoms. The Morgan fingerprint density at radius 3 is 2.50 bits per heavy atom. The number of rotatable bonds is 3. The molecule has 0 aliphatic carbocycles. The summed E-state index contributed by atoms with van der Waals surface area (Å²) < 4.78 is 12.7. The average Bonchev–Trinajstić information content (AvgIpc) is 2.33. The molecule has 0 aliphatic heterocycles. The summed E-state index contributed by atoms with van der Waals surface area (Å²) in [5, 5.41) is -0.126. The molecule has 1 aromatic heterocycles. The predicted octanol–water partition coefficient (Wildman–Crippen LogP) is 3.74. The number of halogens is 2. The third-order valence-electron chi connectivity index (χ3n) is 2.34. The van der Waals surface area contributed by atoms with Gasteiger partial charge >= 0.3 is 0 Å². The van der Waals surface area contributed by atoms with Gasteiger partial charge in [-0.15, -0.1) is 11.6 Å². The Kier molecular flexibility index (Phi) is 3.52. The van der Waals surface area contributed by atoms with Gasteiger partial charge in [-0.25, -0.2) is 4.39 Å². The summed E-state index contributed by atoms with van der Waals surface area (Å²) in [7, 11) is 0. The topological polar surface area (TPSA) is 12.9 Å². The van der Waals surface area contributed by atoms with Gasteiger partial charge in [-0.05, 0) is 17.7 Å². The number of aromatic nitrogens is 1. The number of benzene rings is 1. The Morgan fingerprint density at radius 1 is 1.12 bits per heavy atom. The van der Waals surface area contributed by atoms with Crippen LogP contribution in [0.3, 0.4) is 0 Å². The molecule has 0 amide bonds. The molecule has 1 atom stereocenters. The van der Waals surface area contributed by atoms with E-state index in [0.29, 0.717) is 6.42 Å². The second kappa shape index (κ2) is 5.08. The van der Waals surface area contributed by atoms with Gasteiger partial charge in [0.2, 0.25) is 0 Å². The van der Waals surface area contributed by atoms with Gasteiger partial charge in [-0.2, -0.15) is 0 Å². The van der Waals surface area contributed by atoms with Gasteiger partial charge in [-0.1, -0.05) is 30.3 Å². The molecule has 0 spiro atoms. The maximum Gasteiger partial charge on any atom is 0.141 e. The standard InChI is InChI=1S/C13H11ClFN/c14-13(10-4-2-1-3-5-10)8-12-7-6-11(15)9-16-12/h1-7,9,13H,8H2. The summed E-state index contributed by atoms with van der Waals surface area (Å²) in [5.41, 5.74) is 1.85. The zero-order chi connectivity index (χ0) is 11.4. The van der Waals surface area contributed by atoms with Crippen molar-refractivity contribution in [2.45, 2.75) is 11.8 Å². The fraction of sp³-hybridized carbons (Fsp3) is 0.154. The highest BCUT2D eigenvalue weighted by atomic mass is 35.5. The van der Waals surface area contributed by atoms with Gasteiger partial charge in [0.1, 0.15) is 5.82 Å². The molecule has 0 radical (unpaired) electrons. The minimum Gasteiger partial charge on any atom is -0.258 e. The molecule has 0 bridgehead atoms. The first-order valence-corrected chi connectivity index (χ1v) is 5.49. The second-order valence-electron chi connectivity index (χ2n) is 3.55. The van der Waals surface area contributed by atoms with E-state index in [9.17, 15) is 4.39 Å². The monoisotopic (exact) mass is 235 g/mol. The molecule has 1 heterocycles. The van der Waals surface area contributed by atoms with Crippen molar-refractivity contribution in [2.24, 2.45) is 0 Å². The van der Waals surface area contributed by atoms with Gasteiger partial charge < -0.3 is 0 Å². The first-order valence-electron chi connectivity index (χ1n) is 5.05. The highest BCUT2D eigenvalue weighted by molar-refractivity contribution is 6.20. The van der Waals surface area contributed by atoms with Crippen LogP contribution in [0.1, 0.15) is 16.6 Å². The lowest BCUT2D eigenvalue weighted by atomic mass is 10.1. The summed E-state index contributed by atoms with van der Waals surface area (Å²) in [4.78, 5) is 3.98. The van der Waals surface area contributed by atoms with Crippen LogP contribution in [0.5, 0.6) is 0 Å². The van der Waals surface area contributed by atoms with Crippen molar-refractivity contribution in [2.75, 3.05) is 0 Å². The third kappa shape index (κ3) is 2.80. The molecule has 1 unspecified atom stereocenters. The maximum atomic E-state index is 12.7. The van der Waals surface area contributed by atoms with Crippen LogP contribution >= 0.6 is 11.6 Å². The normalized spacial score (nSPS) is 12.4. The summed E-state index contributed by atoms with van der Waals surface area (Å²) in [5.74, 6) is -0.324. The Bertz CT molecular complexity index is 441. The van der Waals surface area contributed by atoms with E-state index in [1.807, 2.05) is 30.3 Å². The van der Waals surface area contributed by atoms with Crippen molar-refractivity contribution in [3.8, 4) is 0 Å². The Hall–Kier alpha value is -1.41. The molecular formula is C13H11ClFN. The van der Waals surface area contributed by atoms with Crippen molar-refractivity contribution in [1.82, 2.24) is 4.98 Å². The zero-order valence-electron chi connectivity index (χ0n) is 8.61. The van der Waals surface area contributed by atoms with Crippen LogP contribution in [-0.2, 0) is 6.42 Å². The predicted molar refractivity (Wildman–Crippen MR) is 62.9 cm³/mol. The lowest BCUT2D eigenvalue weighted by molar-refractivity contribution is 0.618. The first-order chi connectivity index (χ1) is 7.75. The van der Waals surface area contributed by atoms with E-state index in [2.05, 4.69) is 4.98 Å². The van der Waals surface area contributed by atoms with Gasteiger partial charge in [0.05, 0.1) is 11.6 Å². The van der Waals surface area contributed by atoms with Crippen molar-refractivity contribution in [3.05, 3.63) is 65.7 Å². The van der Waals surface area contributed by atoms with Crippen molar-refractivity contribution in [1.29, 1.82) is 0 Å². The fourth-order valence-corrected chi connectivity index (χ4v) is 1.79. The van der Waals surface area contributed by atoms with Crippen molar-refractivity contribution < 1.29 is 4.39 Å². The summed E-state index contributed by atoms with van der Waals surface area (Å²) in [6, 6.07) is 12.8. The molecule has 1 nitrogen and oxygen atoms in total. The zero-order valence-corrected chi connectivity index (χ0v) is 9.36. The van der Waals surface area contributed by atoms with Crippen LogP contribution in [0.25, 0.3) is 0 Å². The number of hydrogen-bond acceptors (Lipinski definition) is 1. The maximum absolute atomic E-state index is 12.7. The van der Waals surface area contributed by atoms with Crippen molar-refractivity contribution >= 4 is 11.6 Å². The van der Waals surface area contributed by atoms with Gasteiger partial charge in [0.25, 0.3) is 0 Å². The highest BCUT2D eigenvalue weighted by Gasteiger charge is 2.09. The Balaban J connectivity index is 2.08. The smallest absolute Gasteiger partial charge is 0.141 e. The van der Waals surface area contributed by atoms with Crippen molar-refractivity contribution in [3.63, 3.8) is 0 Å². The second-order valence-corrected chi connectivity index (χ2v) is 4.08. The van der Waals surface area contributed by atoms with Crippen LogP contribution < -0.4 is 0 Å². The molecule has 0 aliphatic rings. The average molecular weight is 236 g/mol. The molecule has 0 saturated heterocycles. The van der Waals surface area contributed by atoms with E-state index in [0.717, 1.165) is 11.3 Å². The minimum absolute atomic E-state index is 0.126. The molecule has 82 valence electrons. The number of alkyl halides is 1. The summed E-state index contributed by atoms with van der Waals surface area (Å²) >= 11 is 6.25. The molecule has 2 aromatic rings. The van der Waals surface area contributed by atoms with Gasteiger partial charge in [-0.3, -0.25) is 4.98 Å². The Morgan fingerprint density at radius 2 is 1.88 bits per heavy atom. The molecule has 2 rings (SSSR count). The molecule has 0 saturated carbocycles. The van der Waals surface area contributed by atoms with E-state index >= 15 is 0 Å². The number of hydrogen-bond donors (Lipinski definition) is 0. The van der Waals surface area contributed by atoms with E-state index in [4.69, 9.17) is 11.6 Å². The number of pyridine rings is 1. The molecule has 0 N–H and O–H groups in total. The molecule has 1 aromatic carbocycles. The van der Waals surface area contributed by atoms with Crippen LogP contribution in [0.15, 0.2) is 48.7 Å². The molecular weight excluding hydrogens is 225 g/mol. The van der Waals surface area contributed by atoms with Gasteiger partial charge in [0, 0.05) is 12.1 Å². The summed E-state index contributed by atoms with van der Waals surface area (Å²) in [6.07, 6.45) is 1.82. The molecule has 0 fully saturated rings. The summed E-state index contributed by atoms with van der Waals surface area (Å²) in [6.45, 7) is 0. The Labute approximate surface area is 98.9 Å². The van der Waals surface area contributed by atoms with E-state index in [1.165, 1.54) is 12.3 Å². The lowest BCUT2D eigenvalue weighted by Crippen LogP contribution is -1.98. The number of nitrogens with zero attached hydrogens (tertiary/aromatic N) is 1. The van der Waals surface area contributed by atoms with Crippen LogP contribution in [0.2, 0.25) is 0 Å². The lowest BCUT2D eigenvalue weighted by Gasteiger charge is -2.08. The van der Waals surface area contributed by atoms with E-state index in [-0.39, 0.29) is 11.2 Å². The minimum atomic E-state index is -0.324. The van der Waals surface area contributed by atoms with E-state index in [1.54, 1.807) is 6.07 Å². The fourth-order valence-electron chi connectivity index (χ4n) is 1.49. The highest BCUT2D eigenvalue weighted by Crippen LogP contribution is 2.23. The van der Waals surface area contributed by atoms with Gasteiger partial charge in [0.15, 0.2) is 0 Å².